The fourth-order valence-electron chi connectivity index (χ4n) is 1.11. The molecule has 1 aromatic rings. The SMILES string of the molecule is C#CCCCNc1c(Cl)cc(F)cc1Cl. The molecular weight excluding hydrogens is 236 g/mol. The van der Waals surface area contributed by atoms with Crippen LogP contribution in [0, 0.1) is 18.2 Å². The Bertz CT molecular complexity index is 362. The molecular formula is C11H10Cl2FN. The summed E-state index contributed by atoms with van der Waals surface area (Å²) in [5.41, 5.74) is 0.553. The highest BCUT2D eigenvalue weighted by Gasteiger charge is 2.07. The van der Waals surface area contributed by atoms with Gasteiger partial charge in [-0.2, -0.15) is 0 Å². The lowest BCUT2D eigenvalue weighted by Crippen LogP contribution is -2.02. The molecule has 0 spiro atoms. The van der Waals surface area contributed by atoms with Gasteiger partial charge in [0.05, 0.1) is 15.7 Å². The molecule has 0 saturated carbocycles. The van der Waals surface area contributed by atoms with E-state index in [9.17, 15) is 4.39 Å². The molecule has 0 aliphatic rings. The first-order valence-electron chi connectivity index (χ1n) is 4.47. The number of rotatable bonds is 4. The van der Waals surface area contributed by atoms with Crippen LogP contribution in [0.25, 0.3) is 0 Å². The van der Waals surface area contributed by atoms with Crippen LogP contribution in [0.15, 0.2) is 12.1 Å². The van der Waals surface area contributed by atoms with E-state index in [0.717, 1.165) is 6.42 Å². The maximum atomic E-state index is 12.8. The first kappa shape index (κ1) is 12.2. The molecule has 0 unspecified atom stereocenters. The van der Waals surface area contributed by atoms with Crippen molar-refractivity contribution in [2.45, 2.75) is 12.8 Å². The summed E-state index contributed by atoms with van der Waals surface area (Å²) in [7, 11) is 0. The Morgan fingerprint density at radius 1 is 1.33 bits per heavy atom. The van der Waals surface area contributed by atoms with E-state index in [1.807, 2.05) is 0 Å². The highest BCUT2D eigenvalue weighted by molar-refractivity contribution is 6.39. The third kappa shape index (κ3) is 3.62. The number of benzene rings is 1. The Morgan fingerprint density at radius 3 is 2.47 bits per heavy atom. The normalized spacial score (nSPS) is 9.73. The second-order valence-corrected chi connectivity index (χ2v) is 3.79. The molecule has 1 N–H and O–H groups in total. The number of nitrogens with one attached hydrogen (secondary N) is 1. The lowest BCUT2D eigenvalue weighted by molar-refractivity contribution is 0.628. The van der Waals surface area contributed by atoms with Crippen LogP contribution in [0.5, 0.6) is 0 Å². The topological polar surface area (TPSA) is 12.0 Å². The van der Waals surface area contributed by atoms with Gasteiger partial charge in [-0.25, -0.2) is 4.39 Å². The van der Waals surface area contributed by atoms with Crippen LogP contribution in [0.4, 0.5) is 10.1 Å². The third-order valence-corrected chi connectivity index (χ3v) is 2.40. The number of hydrogen-bond acceptors (Lipinski definition) is 1. The van der Waals surface area contributed by atoms with Crippen LogP contribution in [0.2, 0.25) is 10.0 Å². The van der Waals surface area contributed by atoms with Crippen molar-refractivity contribution in [3.8, 4) is 12.3 Å². The van der Waals surface area contributed by atoms with Gasteiger partial charge in [-0.15, -0.1) is 12.3 Å². The van der Waals surface area contributed by atoms with Gasteiger partial charge in [0.2, 0.25) is 0 Å². The van der Waals surface area contributed by atoms with Crippen LogP contribution >= 0.6 is 23.2 Å². The summed E-state index contributed by atoms with van der Waals surface area (Å²) >= 11 is 11.6. The molecule has 0 saturated heterocycles. The average Bonchev–Trinajstić information content (AvgIpc) is 2.15. The number of terminal acetylenes is 1. The van der Waals surface area contributed by atoms with E-state index in [1.165, 1.54) is 12.1 Å². The Morgan fingerprint density at radius 2 is 1.93 bits per heavy atom. The van der Waals surface area contributed by atoms with E-state index in [4.69, 9.17) is 29.6 Å². The summed E-state index contributed by atoms with van der Waals surface area (Å²) in [6.45, 7) is 0.662. The van der Waals surface area contributed by atoms with E-state index in [-0.39, 0.29) is 10.0 Å². The Labute approximate surface area is 98.6 Å². The average molecular weight is 246 g/mol. The lowest BCUT2D eigenvalue weighted by Gasteiger charge is -2.09. The first-order valence-corrected chi connectivity index (χ1v) is 5.22. The van der Waals surface area contributed by atoms with Gasteiger partial charge in [-0.05, 0) is 18.6 Å². The maximum Gasteiger partial charge on any atom is 0.126 e. The van der Waals surface area contributed by atoms with E-state index >= 15 is 0 Å². The summed E-state index contributed by atoms with van der Waals surface area (Å²) in [6, 6.07) is 2.44. The highest BCUT2D eigenvalue weighted by atomic mass is 35.5. The van der Waals surface area contributed by atoms with Crippen LogP contribution < -0.4 is 5.32 Å². The summed E-state index contributed by atoms with van der Waals surface area (Å²) in [5, 5.41) is 3.57. The highest BCUT2D eigenvalue weighted by Crippen LogP contribution is 2.31. The number of unbranched alkanes of at least 4 members (excludes halogenated alkanes) is 1. The Balaban J connectivity index is 2.65. The summed E-state index contributed by atoms with van der Waals surface area (Å²) < 4.78 is 12.8. The fraction of sp³-hybridized carbons (Fsp3) is 0.273. The summed E-state index contributed by atoms with van der Waals surface area (Å²) in [6.07, 6.45) is 6.61. The van der Waals surface area contributed by atoms with Gasteiger partial charge in [0.15, 0.2) is 0 Å². The number of halogens is 3. The van der Waals surface area contributed by atoms with Gasteiger partial charge in [-0.1, -0.05) is 23.2 Å². The van der Waals surface area contributed by atoms with Crippen LogP contribution in [-0.4, -0.2) is 6.54 Å². The van der Waals surface area contributed by atoms with Gasteiger partial charge in [0, 0.05) is 13.0 Å². The molecule has 80 valence electrons. The molecule has 1 aromatic carbocycles. The lowest BCUT2D eigenvalue weighted by atomic mass is 10.2. The number of anilines is 1. The number of hydrogen-bond donors (Lipinski definition) is 1. The summed E-state index contributed by atoms with van der Waals surface area (Å²) in [5.74, 6) is 2.08. The van der Waals surface area contributed by atoms with Gasteiger partial charge < -0.3 is 5.32 Å². The van der Waals surface area contributed by atoms with Gasteiger partial charge >= 0.3 is 0 Å². The molecule has 0 aliphatic heterocycles. The van der Waals surface area contributed by atoms with Gasteiger partial charge in [0.1, 0.15) is 5.82 Å². The van der Waals surface area contributed by atoms with Crippen LogP contribution in [0.3, 0.4) is 0 Å². The second-order valence-electron chi connectivity index (χ2n) is 2.98. The van der Waals surface area contributed by atoms with Crippen molar-refractivity contribution in [1.29, 1.82) is 0 Å². The second kappa shape index (κ2) is 5.85. The fourth-order valence-corrected chi connectivity index (χ4v) is 1.71. The van der Waals surface area contributed by atoms with Crippen molar-refractivity contribution in [2.24, 2.45) is 0 Å². The minimum Gasteiger partial charge on any atom is -0.383 e. The van der Waals surface area contributed by atoms with E-state index < -0.39 is 5.82 Å². The van der Waals surface area contributed by atoms with E-state index in [2.05, 4.69) is 11.2 Å². The van der Waals surface area contributed by atoms with E-state index in [1.54, 1.807) is 0 Å². The molecule has 0 bridgehead atoms. The van der Waals surface area contributed by atoms with Crippen LogP contribution in [0.1, 0.15) is 12.8 Å². The molecule has 0 atom stereocenters. The minimum atomic E-state index is -0.445. The third-order valence-electron chi connectivity index (χ3n) is 1.81. The van der Waals surface area contributed by atoms with Crippen molar-refractivity contribution in [2.75, 3.05) is 11.9 Å². The van der Waals surface area contributed by atoms with Crippen molar-refractivity contribution >= 4 is 28.9 Å². The van der Waals surface area contributed by atoms with Gasteiger partial charge in [0.25, 0.3) is 0 Å². The molecule has 1 rings (SSSR count). The largest absolute Gasteiger partial charge is 0.383 e. The predicted octanol–water partition coefficient (Wildman–Crippen LogP) is 3.96. The molecule has 1 nitrogen and oxygen atoms in total. The molecule has 0 radical (unpaired) electrons. The van der Waals surface area contributed by atoms with Crippen molar-refractivity contribution in [3.63, 3.8) is 0 Å². The Hall–Kier alpha value is -0.910. The molecule has 0 heterocycles. The zero-order valence-corrected chi connectivity index (χ0v) is 9.50. The summed E-state index contributed by atoms with van der Waals surface area (Å²) in [4.78, 5) is 0. The van der Waals surface area contributed by atoms with Gasteiger partial charge in [-0.3, -0.25) is 0 Å². The predicted molar refractivity (Wildman–Crippen MR) is 63.0 cm³/mol. The molecule has 0 aliphatic carbocycles. The standard InChI is InChI=1S/C11H10Cl2FN/c1-2-3-4-5-15-11-9(12)6-8(14)7-10(11)13/h1,6-7,15H,3-5H2. The minimum absolute atomic E-state index is 0.278. The van der Waals surface area contributed by atoms with Crippen LogP contribution in [-0.2, 0) is 0 Å². The monoisotopic (exact) mass is 245 g/mol. The van der Waals surface area contributed by atoms with E-state index in [0.29, 0.717) is 18.7 Å². The Kier molecular flexibility index (Phi) is 4.74. The first-order chi connectivity index (χ1) is 7.15. The zero-order valence-electron chi connectivity index (χ0n) is 7.99. The maximum absolute atomic E-state index is 12.8. The van der Waals surface area contributed by atoms with Crippen molar-refractivity contribution in [1.82, 2.24) is 0 Å². The zero-order chi connectivity index (χ0) is 11.3. The van der Waals surface area contributed by atoms with Crippen molar-refractivity contribution in [3.05, 3.63) is 28.0 Å². The van der Waals surface area contributed by atoms with Crippen molar-refractivity contribution < 1.29 is 4.39 Å². The molecule has 15 heavy (non-hydrogen) atoms. The molecule has 0 amide bonds. The molecule has 0 fully saturated rings. The molecule has 0 aromatic heterocycles. The smallest absolute Gasteiger partial charge is 0.126 e. The quantitative estimate of drug-likeness (QED) is 0.626. The molecule has 4 heteroatoms.